The number of hydrogen-bond acceptors (Lipinski definition) is 6. The van der Waals surface area contributed by atoms with Crippen LogP contribution in [-0.2, 0) is 9.53 Å². The van der Waals surface area contributed by atoms with Crippen molar-refractivity contribution in [1.29, 1.82) is 5.26 Å². The number of allylic oxidation sites excluding steroid dienone is 7. The molecule has 0 aromatic carbocycles. The molecule has 0 spiro atoms. The lowest BCUT2D eigenvalue weighted by Crippen LogP contribution is -2.33. The molecule has 0 bridgehead atoms. The van der Waals surface area contributed by atoms with Crippen LogP contribution in [0.2, 0.25) is 0 Å². The van der Waals surface area contributed by atoms with Crippen LogP contribution >= 0.6 is 0 Å². The molecule has 1 heterocycles. The average molecular weight is 498 g/mol. The number of likely N-dealkylation sites (N-methyl/N-ethyl adjacent to an activating group) is 1. The van der Waals surface area contributed by atoms with Gasteiger partial charge >= 0.3 is 6.09 Å². The second kappa shape index (κ2) is 15.8. The summed E-state index contributed by atoms with van der Waals surface area (Å²) in [5.41, 5.74) is 4.51. The molecular weight excluding hydrogens is 461 g/mol. The third-order valence-electron chi connectivity index (χ3n) is 5.14. The van der Waals surface area contributed by atoms with Gasteiger partial charge in [-0.2, -0.15) is 5.26 Å². The van der Waals surface area contributed by atoms with Gasteiger partial charge in [0.05, 0.1) is 24.9 Å². The van der Waals surface area contributed by atoms with Crippen LogP contribution in [0.1, 0.15) is 34.1 Å². The molecule has 0 saturated carbocycles. The summed E-state index contributed by atoms with van der Waals surface area (Å²) in [7, 11) is 1.77. The van der Waals surface area contributed by atoms with Gasteiger partial charge < -0.3 is 20.3 Å². The fraction of sp³-hybridized carbons (Fsp3) is 0.407. The van der Waals surface area contributed by atoms with E-state index in [-0.39, 0.29) is 25.0 Å². The van der Waals surface area contributed by atoms with Gasteiger partial charge in [0.1, 0.15) is 17.8 Å². The topological polar surface area (TPSA) is 97.7 Å². The van der Waals surface area contributed by atoms with E-state index in [2.05, 4.69) is 29.0 Å². The van der Waals surface area contributed by atoms with Crippen LogP contribution in [0.4, 0.5) is 9.18 Å². The first kappa shape index (κ1) is 30.0. The van der Waals surface area contributed by atoms with Crippen molar-refractivity contribution in [3.63, 3.8) is 0 Å². The van der Waals surface area contributed by atoms with Gasteiger partial charge in [-0.25, -0.2) is 9.18 Å². The third-order valence-corrected chi connectivity index (χ3v) is 5.14. The van der Waals surface area contributed by atoms with Gasteiger partial charge in [0.25, 0.3) is 0 Å². The summed E-state index contributed by atoms with van der Waals surface area (Å²) in [4.78, 5) is 26.0. The molecule has 194 valence electrons. The Balaban J connectivity index is 0.000000426. The summed E-state index contributed by atoms with van der Waals surface area (Å²) < 4.78 is 19.5. The van der Waals surface area contributed by atoms with Crippen LogP contribution in [0.25, 0.3) is 0 Å². The van der Waals surface area contributed by atoms with Crippen molar-refractivity contribution in [2.24, 2.45) is 0 Å². The predicted molar refractivity (Wildman–Crippen MR) is 139 cm³/mol. The van der Waals surface area contributed by atoms with Crippen LogP contribution in [0, 0.1) is 11.3 Å². The van der Waals surface area contributed by atoms with Gasteiger partial charge in [0.2, 0.25) is 5.91 Å². The summed E-state index contributed by atoms with van der Waals surface area (Å²) in [6, 6.07) is 2.06. The molecule has 8 nitrogen and oxygen atoms in total. The van der Waals surface area contributed by atoms with Gasteiger partial charge in [-0.3, -0.25) is 9.69 Å². The molecule has 0 aromatic heterocycles. The molecule has 2 aliphatic rings. The molecule has 2 rings (SSSR count). The highest BCUT2D eigenvalue weighted by Crippen LogP contribution is 2.24. The number of nitrogens with zero attached hydrogens (tertiary/aromatic N) is 3. The molecule has 1 fully saturated rings. The quantitative estimate of drug-likeness (QED) is 0.347. The zero-order valence-corrected chi connectivity index (χ0v) is 21.7. The normalized spacial score (nSPS) is 18.0. The van der Waals surface area contributed by atoms with Crippen molar-refractivity contribution in [2.75, 3.05) is 26.7 Å². The minimum absolute atomic E-state index is 0.123. The number of nitrogens with one attached hydrogen (secondary N) is 2. The summed E-state index contributed by atoms with van der Waals surface area (Å²) in [5.74, 6) is -0.661. The number of hydrogen-bond donors (Lipinski definition) is 2. The van der Waals surface area contributed by atoms with Crippen molar-refractivity contribution in [3.05, 3.63) is 77.8 Å². The smallest absolute Gasteiger partial charge is 0.414 e. The molecule has 1 aliphatic heterocycles. The van der Waals surface area contributed by atoms with Crippen molar-refractivity contribution in [2.45, 2.75) is 46.3 Å². The van der Waals surface area contributed by atoms with Crippen molar-refractivity contribution in [1.82, 2.24) is 20.4 Å². The second-order valence-corrected chi connectivity index (χ2v) is 7.90. The lowest BCUT2D eigenvalue weighted by molar-refractivity contribution is -0.119. The Morgan fingerprint density at radius 2 is 2.22 bits per heavy atom. The van der Waals surface area contributed by atoms with Crippen LogP contribution in [-0.4, -0.2) is 60.6 Å². The first-order valence-corrected chi connectivity index (χ1v) is 11.8. The number of rotatable bonds is 10. The van der Waals surface area contributed by atoms with Crippen molar-refractivity contribution >= 4 is 12.0 Å². The molecule has 1 aliphatic carbocycles. The molecule has 2 atom stereocenters. The van der Waals surface area contributed by atoms with Gasteiger partial charge in [-0.05, 0) is 44.6 Å². The Morgan fingerprint density at radius 1 is 1.50 bits per heavy atom. The van der Waals surface area contributed by atoms with E-state index in [1.165, 1.54) is 17.9 Å². The standard InChI is InChI=1S/C16H20FN3O3.C11H16N2/c1-4-19(3)15-7-5-6-12(8-14(15)17)20-10-13(23-16(20)22)9-18-11(2)21;1-4-7-11(8-5-2)13-10(6-3)9-12/h5-6,8,13H,4,9-10H2,1-3H3,(H,18,21);4-5,7-8,10,13H,1,6H2,2-3H3/b;8-5-,11-7+. The third kappa shape index (κ3) is 9.69. The molecule has 36 heavy (non-hydrogen) atoms. The summed E-state index contributed by atoms with van der Waals surface area (Å²) in [6.45, 7) is 11.9. The first-order valence-electron chi connectivity index (χ1n) is 11.8. The van der Waals surface area contributed by atoms with Crippen LogP contribution in [0.15, 0.2) is 77.8 Å². The number of ether oxygens (including phenoxy) is 1. The van der Waals surface area contributed by atoms with E-state index in [0.717, 1.165) is 12.1 Å². The largest absolute Gasteiger partial charge is 0.442 e. The SMILES string of the molecule is C=C/C=C(\C=C/C)NC(C#N)CC.CCN(C)C1=C=CC=C(N2CC(CNC(C)=O)OC2=O)C=C1F. The Kier molecular flexibility index (Phi) is 13.2. The first-order chi connectivity index (χ1) is 17.2. The highest BCUT2D eigenvalue weighted by Gasteiger charge is 2.33. The van der Waals surface area contributed by atoms with Crippen molar-refractivity contribution in [3.8, 4) is 6.07 Å². The summed E-state index contributed by atoms with van der Waals surface area (Å²) >= 11 is 0. The number of cyclic esters (lactones) is 1. The van der Waals surface area contributed by atoms with Crippen LogP contribution in [0.5, 0.6) is 0 Å². The predicted octanol–water partition coefficient (Wildman–Crippen LogP) is 4.21. The lowest BCUT2D eigenvalue weighted by Gasteiger charge is -2.18. The molecule has 9 heteroatoms. The minimum Gasteiger partial charge on any atom is -0.442 e. The van der Waals surface area contributed by atoms with E-state index in [1.807, 2.05) is 39.0 Å². The number of nitriles is 1. The fourth-order valence-electron chi connectivity index (χ4n) is 3.12. The molecule has 0 aromatic rings. The zero-order chi connectivity index (χ0) is 27.1. The minimum atomic E-state index is -0.559. The molecule has 2 N–H and O–H groups in total. The molecule has 2 amide bonds. The van der Waals surface area contributed by atoms with Crippen LogP contribution in [0.3, 0.4) is 0 Å². The highest BCUT2D eigenvalue weighted by molar-refractivity contribution is 5.74. The van der Waals surface area contributed by atoms with E-state index >= 15 is 0 Å². The monoisotopic (exact) mass is 497 g/mol. The maximum Gasteiger partial charge on any atom is 0.414 e. The van der Waals surface area contributed by atoms with Crippen LogP contribution < -0.4 is 10.6 Å². The fourth-order valence-corrected chi connectivity index (χ4v) is 3.12. The lowest BCUT2D eigenvalue weighted by atomic mass is 10.2. The molecular formula is C27H36FN5O3. The maximum absolute atomic E-state index is 14.4. The van der Waals surface area contributed by atoms with E-state index in [4.69, 9.17) is 10.00 Å². The Morgan fingerprint density at radius 3 is 2.78 bits per heavy atom. The van der Waals surface area contributed by atoms with Gasteiger partial charge in [-0.1, -0.05) is 31.4 Å². The number of carbonyl (C=O) groups is 2. The van der Waals surface area contributed by atoms with E-state index in [9.17, 15) is 14.0 Å². The van der Waals surface area contributed by atoms with Gasteiger partial charge in [-0.15, -0.1) is 0 Å². The molecule has 2 unspecified atom stereocenters. The number of halogens is 1. The van der Waals surface area contributed by atoms with Crippen molar-refractivity contribution < 1.29 is 18.7 Å². The summed E-state index contributed by atoms with van der Waals surface area (Å²) in [5, 5.41) is 14.4. The average Bonchev–Trinajstić information content (AvgIpc) is 3.11. The van der Waals surface area contributed by atoms with Gasteiger partial charge in [0, 0.05) is 32.3 Å². The number of carbonyl (C=O) groups excluding carboxylic acids is 2. The Labute approximate surface area is 213 Å². The highest BCUT2D eigenvalue weighted by atomic mass is 19.1. The molecule has 0 radical (unpaired) electrons. The van der Waals surface area contributed by atoms with E-state index in [1.54, 1.807) is 30.2 Å². The molecule has 1 saturated heterocycles. The van der Waals surface area contributed by atoms with Gasteiger partial charge in [0.15, 0.2) is 5.83 Å². The number of amides is 2. The van der Waals surface area contributed by atoms with E-state index < -0.39 is 18.0 Å². The van der Waals surface area contributed by atoms with E-state index in [0.29, 0.717) is 17.9 Å². The Bertz CT molecular complexity index is 1030. The maximum atomic E-state index is 14.4. The Hall–Kier alpha value is -4.02. The second-order valence-electron chi connectivity index (χ2n) is 7.90. The zero-order valence-electron chi connectivity index (χ0n) is 21.7. The summed E-state index contributed by atoms with van der Waals surface area (Å²) in [6.07, 6.45) is 11.6.